The summed E-state index contributed by atoms with van der Waals surface area (Å²) in [5.74, 6) is -0.221. The highest BCUT2D eigenvalue weighted by Gasteiger charge is 2.12. The van der Waals surface area contributed by atoms with Crippen LogP contribution >= 0.6 is 22.7 Å². The number of nitrogens with one attached hydrogen (secondary N) is 1. The van der Waals surface area contributed by atoms with Crippen LogP contribution in [0.25, 0.3) is 10.2 Å². The van der Waals surface area contributed by atoms with Gasteiger partial charge in [-0.15, -0.1) is 11.3 Å². The highest BCUT2D eigenvalue weighted by molar-refractivity contribution is 7.22. The van der Waals surface area contributed by atoms with Crippen molar-refractivity contribution in [3.8, 4) is 6.07 Å². The molecule has 0 saturated carbocycles. The van der Waals surface area contributed by atoms with Gasteiger partial charge in [-0.2, -0.15) is 5.26 Å². The third kappa shape index (κ3) is 4.54. The van der Waals surface area contributed by atoms with E-state index in [4.69, 9.17) is 5.26 Å². The standard InChI is InChI=1S/C21H14N4O2S2/c22-10-15-3-1-2-13(6-15)9-20(27)25-21-24-16-5-4-14(8-19(16)29-21)7-18(26)17-11-28-12-23-17/h1-6,8,11-12H,7,9H2,(H,24,25,27). The van der Waals surface area contributed by atoms with E-state index in [9.17, 15) is 9.59 Å². The van der Waals surface area contributed by atoms with Crippen LogP contribution in [0.5, 0.6) is 0 Å². The van der Waals surface area contributed by atoms with E-state index in [0.717, 1.165) is 21.3 Å². The minimum Gasteiger partial charge on any atom is -0.302 e. The number of nitriles is 1. The van der Waals surface area contributed by atoms with Gasteiger partial charge in [-0.1, -0.05) is 29.5 Å². The maximum atomic E-state index is 12.3. The zero-order valence-electron chi connectivity index (χ0n) is 15.1. The van der Waals surface area contributed by atoms with Crippen LogP contribution in [-0.2, 0) is 17.6 Å². The number of hydrogen-bond acceptors (Lipinski definition) is 7. The molecule has 0 saturated heterocycles. The van der Waals surface area contributed by atoms with Crippen molar-refractivity contribution >= 4 is 49.7 Å². The number of fused-ring (bicyclic) bond motifs is 1. The molecule has 1 N–H and O–H groups in total. The minimum absolute atomic E-state index is 0.0248. The Morgan fingerprint density at radius 2 is 1.97 bits per heavy atom. The number of anilines is 1. The van der Waals surface area contributed by atoms with E-state index in [1.165, 1.54) is 22.7 Å². The second-order valence-electron chi connectivity index (χ2n) is 6.33. The van der Waals surface area contributed by atoms with Gasteiger partial charge in [-0.3, -0.25) is 9.59 Å². The van der Waals surface area contributed by atoms with Crippen LogP contribution in [0.4, 0.5) is 5.13 Å². The first-order valence-corrected chi connectivity index (χ1v) is 10.5. The van der Waals surface area contributed by atoms with Gasteiger partial charge in [0.05, 0.1) is 33.8 Å². The van der Waals surface area contributed by atoms with Crippen molar-refractivity contribution < 1.29 is 9.59 Å². The van der Waals surface area contributed by atoms with Gasteiger partial charge in [0, 0.05) is 11.8 Å². The molecule has 0 unspecified atom stereocenters. The fourth-order valence-corrected chi connectivity index (χ4v) is 4.36. The van der Waals surface area contributed by atoms with Crippen molar-refractivity contribution in [2.24, 2.45) is 0 Å². The fourth-order valence-electron chi connectivity index (χ4n) is 2.86. The molecule has 2 aromatic carbocycles. The number of carbonyl (C=O) groups excluding carboxylic acids is 2. The van der Waals surface area contributed by atoms with Crippen molar-refractivity contribution in [3.63, 3.8) is 0 Å². The molecule has 0 aliphatic rings. The third-order valence-corrected chi connectivity index (χ3v) is 5.72. The molecule has 2 aromatic heterocycles. The lowest BCUT2D eigenvalue weighted by Crippen LogP contribution is -2.14. The first-order chi connectivity index (χ1) is 14.1. The van der Waals surface area contributed by atoms with Crippen LogP contribution in [0.2, 0.25) is 0 Å². The van der Waals surface area contributed by atoms with Gasteiger partial charge in [0.15, 0.2) is 10.9 Å². The molecule has 0 aliphatic heterocycles. The maximum Gasteiger partial charge on any atom is 0.230 e. The zero-order valence-corrected chi connectivity index (χ0v) is 16.7. The number of ketones is 1. The summed E-state index contributed by atoms with van der Waals surface area (Å²) in [6.07, 6.45) is 0.438. The van der Waals surface area contributed by atoms with Crippen LogP contribution in [0.15, 0.2) is 53.4 Å². The van der Waals surface area contributed by atoms with Crippen molar-refractivity contribution in [2.75, 3.05) is 5.32 Å². The van der Waals surface area contributed by atoms with Crippen LogP contribution in [-0.4, -0.2) is 21.7 Å². The summed E-state index contributed by atoms with van der Waals surface area (Å²) in [5, 5.41) is 14.0. The number of benzene rings is 2. The maximum absolute atomic E-state index is 12.3. The largest absolute Gasteiger partial charge is 0.302 e. The molecule has 0 aliphatic carbocycles. The van der Waals surface area contributed by atoms with Crippen LogP contribution in [0.1, 0.15) is 27.2 Å². The van der Waals surface area contributed by atoms with Crippen LogP contribution in [0, 0.1) is 11.3 Å². The predicted octanol–water partition coefficient (Wildman–Crippen LogP) is 4.23. The molecular weight excluding hydrogens is 404 g/mol. The van der Waals surface area contributed by atoms with Crippen molar-refractivity contribution in [1.82, 2.24) is 9.97 Å². The average molecular weight is 419 g/mol. The van der Waals surface area contributed by atoms with Gasteiger partial charge >= 0.3 is 0 Å². The second kappa shape index (κ2) is 8.31. The molecule has 0 fully saturated rings. The summed E-state index contributed by atoms with van der Waals surface area (Å²) >= 11 is 2.76. The Morgan fingerprint density at radius 1 is 1.10 bits per heavy atom. The Bertz CT molecular complexity index is 1240. The number of thiazole rings is 2. The highest BCUT2D eigenvalue weighted by atomic mass is 32.1. The molecule has 29 heavy (non-hydrogen) atoms. The van der Waals surface area contributed by atoms with Gasteiger partial charge in [-0.05, 0) is 35.4 Å². The second-order valence-corrected chi connectivity index (χ2v) is 8.08. The first-order valence-electron chi connectivity index (χ1n) is 8.70. The van der Waals surface area contributed by atoms with Gasteiger partial charge in [0.1, 0.15) is 5.69 Å². The summed E-state index contributed by atoms with van der Waals surface area (Å²) in [4.78, 5) is 33.0. The average Bonchev–Trinajstić information content (AvgIpc) is 3.37. The number of aromatic nitrogens is 2. The van der Waals surface area contributed by atoms with E-state index in [1.807, 2.05) is 24.3 Å². The quantitative estimate of drug-likeness (QED) is 0.473. The fraction of sp³-hybridized carbons (Fsp3) is 0.0952. The first kappa shape index (κ1) is 18.9. The van der Waals surface area contributed by atoms with E-state index < -0.39 is 0 Å². The van der Waals surface area contributed by atoms with E-state index in [-0.39, 0.29) is 24.5 Å². The molecule has 142 valence electrons. The molecule has 4 aromatic rings. The lowest BCUT2D eigenvalue weighted by atomic mass is 10.1. The molecule has 0 radical (unpaired) electrons. The predicted molar refractivity (Wildman–Crippen MR) is 113 cm³/mol. The van der Waals surface area contributed by atoms with E-state index in [1.54, 1.807) is 29.1 Å². The zero-order chi connectivity index (χ0) is 20.2. The molecule has 8 heteroatoms. The SMILES string of the molecule is N#Cc1cccc(CC(=O)Nc2nc3ccc(CC(=O)c4cscn4)cc3s2)c1. The summed E-state index contributed by atoms with van der Waals surface area (Å²) in [7, 11) is 0. The summed E-state index contributed by atoms with van der Waals surface area (Å²) in [6.45, 7) is 0. The number of nitrogens with zero attached hydrogens (tertiary/aromatic N) is 3. The molecule has 0 bridgehead atoms. The Hall–Kier alpha value is -3.41. The van der Waals surface area contributed by atoms with Crippen molar-refractivity contribution in [1.29, 1.82) is 5.26 Å². The number of amides is 1. The topological polar surface area (TPSA) is 95.7 Å². The summed E-state index contributed by atoms with van der Waals surface area (Å²) in [5.41, 5.74) is 5.06. The van der Waals surface area contributed by atoms with E-state index in [2.05, 4.69) is 21.4 Å². The van der Waals surface area contributed by atoms with Gasteiger partial charge in [0.25, 0.3) is 0 Å². The van der Waals surface area contributed by atoms with Gasteiger partial charge in [0.2, 0.25) is 5.91 Å². The Kier molecular flexibility index (Phi) is 5.42. The number of rotatable bonds is 6. The molecular formula is C21H14N4O2S2. The van der Waals surface area contributed by atoms with Crippen molar-refractivity contribution in [2.45, 2.75) is 12.8 Å². The van der Waals surface area contributed by atoms with Gasteiger partial charge < -0.3 is 5.32 Å². The third-order valence-electron chi connectivity index (χ3n) is 4.20. The normalized spacial score (nSPS) is 10.6. The summed E-state index contributed by atoms with van der Waals surface area (Å²) < 4.78 is 0.898. The molecule has 6 nitrogen and oxygen atoms in total. The van der Waals surface area contributed by atoms with Crippen molar-refractivity contribution in [3.05, 3.63) is 75.7 Å². The molecule has 2 heterocycles. The molecule has 1 amide bonds. The molecule has 0 atom stereocenters. The summed E-state index contributed by atoms with van der Waals surface area (Å²) in [6, 6.07) is 14.7. The molecule has 0 spiro atoms. The number of Topliss-reactive ketones (excluding diaryl/α,β-unsaturated/α-hetero) is 1. The minimum atomic E-state index is -0.196. The Morgan fingerprint density at radius 3 is 2.76 bits per heavy atom. The van der Waals surface area contributed by atoms with Crippen LogP contribution < -0.4 is 5.32 Å². The monoisotopic (exact) mass is 418 g/mol. The number of carbonyl (C=O) groups is 2. The van der Waals surface area contributed by atoms with E-state index >= 15 is 0 Å². The van der Waals surface area contributed by atoms with Crippen LogP contribution in [0.3, 0.4) is 0 Å². The smallest absolute Gasteiger partial charge is 0.230 e. The van der Waals surface area contributed by atoms with Gasteiger partial charge in [-0.25, -0.2) is 9.97 Å². The number of hydrogen-bond donors (Lipinski definition) is 1. The Balaban J connectivity index is 1.45. The highest BCUT2D eigenvalue weighted by Crippen LogP contribution is 2.27. The van der Waals surface area contributed by atoms with E-state index in [0.29, 0.717) is 16.4 Å². The lowest BCUT2D eigenvalue weighted by Gasteiger charge is -2.02. The Labute approximate surface area is 174 Å². The molecule has 4 rings (SSSR count). The lowest BCUT2D eigenvalue weighted by molar-refractivity contribution is -0.115.